The van der Waals surface area contributed by atoms with Crippen molar-refractivity contribution in [2.24, 2.45) is 29.1 Å². The van der Waals surface area contributed by atoms with Gasteiger partial charge < -0.3 is 9.47 Å². The fraction of sp³-hybridized carbons (Fsp3) is 0.543. The molecule has 0 radical (unpaired) electrons. The molecule has 4 heteroatoms. The van der Waals surface area contributed by atoms with Crippen LogP contribution < -0.4 is 9.47 Å². The highest BCUT2D eigenvalue weighted by molar-refractivity contribution is 5.87. The van der Waals surface area contributed by atoms with Gasteiger partial charge in [-0.05, 0) is 64.2 Å². The summed E-state index contributed by atoms with van der Waals surface area (Å²) in [6.07, 6.45) is 4.21. The SMILES string of the molecule is CC(C)c1cccc(OC(=O)C2C(C(=O)Oc3cccc(C(C)C)c3C(C)C)C3C=CC2C3(C)C)c1C(C)C. The van der Waals surface area contributed by atoms with E-state index in [1.807, 2.05) is 24.3 Å². The Morgan fingerprint density at radius 1 is 0.615 bits per heavy atom. The molecule has 2 aliphatic carbocycles. The highest BCUT2D eigenvalue weighted by atomic mass is 16.5. The van der Waals surface area contributed by atoms with Gasteiger partial charge in [-0.3, -0.25) is 9.59 Å². The monoisotopic (exact) mass is 530 g/mol. The number of carbonyl (C=O) groups excluding carboxylic acids is 2. The molecule has 0 spiro atoms. The lowest BCUT2D eigenvalue weighted by molar-refractivity contribution is -0.151. The van der Waals surface area contributed by atoms with Gasteiger partial charge >= 0.3 is 11.9 Å². The van der Waals surface area contributed by atoms with Crippen LogP contribution in [0.1, 0.15) is 115 Å². The summed E-state index contributed by atoms with van der Waals surface area (Å²) in [6.45, 7) is 21.4. The lowest BCUT2D eigenvalue weighted by Gasteiger charge is -2.27. The van der Waals surface area contributed by atoms with E-state index in [4.69, 9.17) is 9.47 Å². The van der Waals surface area contributed by atoms with Gasteiger partial charge in [-0.25, -0.2) is 0 Å². The summed E-state index contributed by atoms with van der Waals surface area (Å²) in [6, 6.07) is 11.9. The van der Waals surface area contributed by atoms with Crippen LogP contribution in [0.3, 0.4) is 0 Å². The molecule has 2 bridgehead atoms. The summed E-state index contributed by atoms with van der Waals surface area (Å²) >= 11 is 0. The Hall–Kier alpha value is -2.88. The zero-order valence-corrected chi connectivity index (χ0v) is 25.4. The normalized spacial score (nSPS) is 23.3. The van der Waals surface area contributed by atoms with Crippen molar-refractivity contribution in [3.63, 3.8) is 0 Å². The van der Waals surface area contributed by atoms with E-state index in [2.05, 4.69) is 93.5 Å². The van der Waals surface area contributed by atoms with E-state index in [0.29, 0.717) is 23.3 Å². The van der Waals surface area contributed by atoms with E-state index in [0.717, 1.165) is 11.1 Å². The molecule has 4 atom stereocenters. The van der Waals surface area contributed by atoms with Crippen molar-refractivity contribution in [1.82, 2.24) is 0 Å². The third-order valence-corrected chi connectivity index (χ3v) is 8.97. The van der Waals surface area contributed by atoms with Crippen LogP contribution in [0.4, 0.5) is 0 Å². The Labute approximate surface area is 235 Å². The standard InChI is InChI=1S/C35H46O4/c1-19(2)23-13-11-15-27(29(23)21(5)6)38-33(36)31-25-17-18-26(35(25,9)10)32(31)34(37)39-28-16-12-14-24(20(3)4)30(28)22(7)8/h11-22,25-26,31-32H,1-10H3. The van der Waals surface area contributed by atoms with E-state index >= 15 is 0 Å². The van der Waals surface area contributed by atoms with Crippen LogP contribution in [0.5, 0.6) is 11.5 Å². The van der Waals surface area contributed by atoms with E-state index in [1.54, 1.807) is 0 Å². The summed E-state index contributed by atoms with van der Waals surface area (Å²) < 4.78 is 12.4. The number of rotatable bonds is 8. The molecule has 4 rings (SSSR count). The highest BCUT2D eigenvalue weighted by Crippen LogP contribution is 2.60. The first kappa shape index (κ1) is 29.1. The van der Waals surface area contributed by atoms with Crippen LogP contribution >= 0.6 is 0 Å². The van der Waals surface area contributed by atoms with Gasteiger partial charge in [0.15, 0.2) is 0 Å². The number of fused-ring (bicyclic) bond motifs is 2. The average molecular weight is 531 g/mol. The third kappa shape index (κ3) is 5.19. The molecule has 0 aliphatic heterocycles. The Balaban J connectivity index is 1.69. The number of hydrogen-bond acceptors (Lipinski definition) is 4. The van der Waals surface area contributed by atoms with E-state index in [1.165, 1.54) is 11.1 Å². The summed E-state index contributed by atoms with van der Waals surface area (Å²) in [4.78, 5) is 27.9. The first-order valence-corrected chi connectivity index (χ1v) is 14.6. The molecule has 1 saturated carbocycles. The van der Waals surface area contributed by atoms with Gasteiger partial charge in [-0.2, -0.15) is 0 Å². The molecular formula is C35H46O4. The summed E-state index contributed by atoms with van der Waals surface area (Å²) in [5.41, 5.74) is 4.25. The van der Waals surface area contributed by atoms with Crippen molar-refractivity contribution in [2.75, 3.05) is 0 Å². The number of carbonyl (C=O) groups is 2. The number of ether oxygens (including phenoxy) is 2. The molecule has 4 nitrogen and oxygen atoms in total. The minimum Gasteiger partial charge on any atom is -0.426 e. The molecule has 0 amide bonds. The maximum Gasteiger partial charge on any atom is 0.315 e. The maximum absolute atomic E-state index is 14.0. The van der Waals surface area contributed by atoms with E-state index < -0.39 is 11.8 Å². The van der Waals surface area contributed by atoms with Gasteiger partial charge in [0.1, 0.15) is 11.5 Å². The number of allylic oxidation sites excluding steroid dienone is 2. The first-order valence-electron chi connectivity index (χ1n) is 14.6. The lowest BCUT2D eigenvalue weighted by Crippen LogP contribution is -2.38. The smallest absolute Gasteiger partial charge is 0.315 e. The van der Waals surface area contributed by atoms with Crippen LogP contribution in [-0.2, 0) is 9.59 Å². The minimum atomic E-state index is -0.596. The van der Waals surface area contributed by atoms with Crippen LogP contribution in [-0.4, -0.2) is 11.9 Å². The van der Waals surface area contributed by atoms with Gasteiger partial charge in [0.05, 0.1) is 11.8 Å². The second kappa shape index (κ2) is 10.9. The molecule has 0 heterocycles. The van der Waals surface area contributed by atoms with Gasteiger partial charge in [0.25, 0.3) is 0 Å². The molecular weight excluding hydrogens is 484 g/mol. The maximum atomic E-state index is 14.0. The van der Waals surface area contributed by atoms with Crippen molar-refractivity contribution in [3.8, 4) is 11.5 Å². The van der Waals surface area contributed by atoms with Crippen molar-refractivity contribution in [2.45, 2.75) is 92.9 Å². The fourth-order valence-corrected chi connectivity index (χ4v) is 7.05. The predicted octanol–water partition coefficient (Wildman–Crippen LogP) is 8.77. The molecule has 2 aliphatic rings. The quantitative estimate of drug-likeness (QED) is 0.194. The predicted molar refractivity (Wildman–Crippen MR) is 157 cm³/mol. The highest BCUT2D eigenvalue weighted by Gasteiger charge is 2.62. The molecule has 39 heavy (non-hydrogen) atoms. The largest absolute Gasteiger partial charge is 0.426 e. The summed E-state index contributed by atoms with van der Waals surface area (Å²) in [5, 5.41) is 0. The topological polar surface area (TPSA) is 52.6 Å². The molecule has 2 aromatic rings. The average Bonchev–Trinajstić information content (AvgIpc) is 3.27. The zero-order chi connectivity index (χ0) is 28.8. The van der Waals surface area contributed by atoms with Crippen molar-refractivity contribution in [1.29, 1.82) is 0 Å². The van der Waals surface area contributed by atoms with Crippen LogP contribution in [0.25, 0.3) is 0 Å². The Morgan fingerprint density at radius 2 is 0.974 bits per heavy atom. The van der Waals surface area contributed by atoms with Crippen molar-refractivity contribution < 1.29 is 19.1 Å². The number of esters is 2. The minimum absolute atomic E-state index is 0.0881. The second-order valence-electron chi connectivity index (χ2n) is 13.3. The van der Waals surface area contributed by atoms with Crippen LogP contribution in [0, 0.1) is 29.1 Å². The van der Waals surface area contributed by atoms with E-state index in [-0.39, 0.29) is 41.0 Å². The second-order valence-corrected chi connectivity index (χ2v) is 13.3. The third-order valence-electron chi connectivity index (χ3n) is 8.97. The number of benzene rings is 2. The molecule has 2 aromatic carbocycles. The van der Waals surface area contributed by atoms with Crippen LogP contribution in [0.2, 0.25) is 0 Å². The fourth-order valence-electron chi connectivity index (χ4n) is 7.05. The molecule has 4 unspecified atom stereocenters. The van der Waals surface area contributed by atoms with Crippen LogP contribution in [0.15, 0.2) is 48.6 Å². The van der Waals surface area contributed by atoms with Crippen molar-refractivity contribution in [3.05, 3.63) is 70.8 Å². The first-order chi connectivity index (χ1) is 18.3. The zero-order valence-electron chi connectivity index (χ0n) is 25.4. The molecule has 0 saturated heterocycles. The Kier molecular flexibility index (Phi) is 8.17. The molecule has 210 valence electrons. The Bertz CT molecular complexity index is 1170. The Morgan fingerprint density at radius 3 is 1.28 bits per heavy atom. The molecule has 0 aromatic heterocycles. The van der Waals surface area contributed by atoms with Gasteiger partial charge in [-0.1, -0.05) is 106 Å². The molecule has 0 N–H and O–H groups in total. The summed E-state index contributed by atoms with van der Waals surface area (Å²) in [5.74, 6) is 0.169. The van der Waals surface area contributed by atoms with Gasteiger partial charge in [0.2, 0.25) is 0 Å². The lowest BCUT2D eigenvalue weighted by atomic mass is 9.79. The summed E-state index contributed by atoms with van der Waals surface area (Å²) in [7, 11) is 0. The van der Waals surface area contributed by atoms with Crippen molar-refractivity contribution >= 4 is 11.9 Å². The number of hydrogen-bond donors (Lipinski definition) is 0. The van der Waals surface area contributed by atoms with E-state index in [9.17, 15) is 9.59 Å². The van der Waals surface area contributed by atoms with Gasteiger partial charge in [0, 0.05) is 11.1 Å². The van der Waals surface area contributed by atoms with Gasteiger partial charge in [-0.15, -0.1) is 0 Å². The molecule has 1 fully saturated rings.